The Kier molecular flexibility index (Phi) is 5.04. The Labute approximate surface area is 118 Å². The molecule has 2 atom stereocenters. The van der Waals surface area contributed by atoms with Gasteiger partial charge < -0.3 is 5.32 Å². The smallest absolute Gasteiger partial charge is 0.0320 e. The largest absolute Gasteiger partial charge is 0.307 e. The van der Waals surface area contributed by atoms with E-state index in [1.165, 1.54) is 44.1 Å². The molecular weight excluding hydrogens is 230 g/mol. The molecule has 2 unspecified atom stereocenters. The van der Waals surface area contributed by atoms with Gasteiger partial charge in [0, 0.05) is 12.1 Å². The molecule has 0 aliphatic heterocycles. The molecule has 19 heavy (non-hydrogen) atoms. The molecule has 0 bridgehead atoms. The van der Waals surface area contributed by atoms with E-state index in [0.29, 0.717) is 17.5 Å². The van der Waals surface area contributed by atoms with Crippen molar-refractivity contribution in [2.24, 2.45) is 5.41 Å². The van der Waals surface area contributed by atoms with E-state index in [0.717, 1.165) is 0 Å². The molecule has 1 N–H and O–H groups in total. The molecule has 1 saturated carbocycles. The summed E-state index contributed by atoms with van der Waals surface area (Å²) in [5, 5.41) is 3.90. The van der Waals surface area contributed by atoms with Gasteiger partial charge in [0.1, 0.15) is 0 Å². The molecule has 106 valence electrons. The molecule has 0 amide bonds. The number of hydrogen-bond donors (Lipinski definition) is 1. The summed E-state index contributed by atoms with van der Waals surface area (Å²) in [7, 11) is 0. The average molecular weight is 259 g/mol. The summed E-state index contributed by atoms with van der Waals surface area (Å²) in [6, 6.07) is 12.1. The lowest BCUT2D eigenvalue weighted by Crippen LogP contribution is -2.32. The van der Waals surface area contributed by atoms with Gasteiger partial charge in [0.05, 0.1) is 0 Å². The molecule has 1 fully saturated rings. The van der Waals surface area contributed by atoms with Gasteiger partial charge in [-0.2, -0.15) is 0 Å². The van der Waals surface area contributed by atoms with Crippen LogP contribution in [-0.2, 0) is 0 Å². The predicted octanol–water partition coefficient (Wildman–Crippen LogP) is 5.09. The molecule has 2 rings (SSSR count). The zero-order valence-corrected chi connectivity index (χ0v) is 12.8. The van der Waals surface area contributed by atoms with E-state index in [9.17, 15) is 0 Å². The van der Waals surface area contributed by atoms with Gasteiger partial charge in [0.25, 0.3) is 0 Å². The van der Waals surface area contributed by atoms with Crippen molar-refractivity contribution in [2.45, 2.75) is 71.4 Å². The minimum Gasteiger partial charge on any atom is -0.307 e. The van der Waals surface area contributed by atoms with Crippen molar-refractivity contribution in [3.05, 3.63) is 35.9 Å². The first-order valence-electron chi connectivity index (χ1n) is 7.92. The average Bonchev–Trinajstić information content (AvgIpc) is 2.58. The number of rotatable bonds is 4. The molecule has 1 aromatic rings. The maximum atomic E-state index is 3.90. The maximum absolute atomic E-state index is 3.90. The third-order valence-corrected chi connectivity index (χ3v) is 4.62. The molecule has 1 heteroatoms. The minimum absolute atomic E-state index is 0.521. The van der Waals surface area contributed by atoms with Crippen LogP contribution in [0.2, 0.25) is 0 Å². The van der Waals surface area contributed by atoms with Crippen LogP contribution in [0.5, 0.6) is 0 Å². The van der Waals surface area contributed by atoms with Crippen LogP contribution < -0.4 is 5.32 Å². The summed E-state index contributed by atoms with van der Waals surface area (Å²) < 4.78 is 0. The van der Waals surface area contributed by atoms with Gasteiger partial charge in [0.15, 0.2) is 0 Å². The zero-order chi connectivity index (χ0) is 13.7. The van der Waals surface area contributed by atoms with Crippen molar-refractivity contribution < 1.29 is 0 Å². The molecule has 0 aromatic heterocycles. The van der Waals surface area contributed by atoms with Crippen LogP contribution in [-0.4, -0.2) is 6.04 Å². The van der Waals surface area contributed by atoms with Crippen molar-refractivity contribution in [3.63, 3.8) is 0 Å². The van der Waals surface area contributed by atoms with E-state index in [1.807, 2.05) is 0 Å². The SMILES string of the molecule is CCC(NC1CCCC(C)(C)CC1)c1ccccc1. The second kappa shape index (κ2) is 6.56. The standard InChI is InChI=1S/C18H29N/c1-4-17(15-9-6-5-7-10-15)19-16-11-8-13-18(2,3)14-12-16/h5-7,9-10,16-17,19H,4,8,11-14H2,1-3H3. The monoisotopic (exact) mass is 259 g/mol. The van der Waals surface area contributed by atoms with Gasteiger partial charge in [-0.25, -0.2) is 0 Å². The normalized spacial score (nSPS) is 24.7. The Morgan fingerprint density at radius 2 is 1.89 bits per heavy atom. The van der Waals surface area contributed by atoms with Crippen molar-refractivity contribution in [1.82, 2.24) is 5.32 Å². The summed E-state index contributed by atoms with van der Waals surface area (Å²) in [5.74, 6) is 0. The van der Waals surface area contributed by atoms with E-state index in [1.54, 1.807) is 0 Å². The first kappa shape index (κ1) is 14.6. The summed E-state index contributed by atoms with van der Waals surface area (Å²) >= 11 is 0. The van der Waals surface area contributed by atoms with Crippen LogP contribution in [0.4, 0.5) is 0 Å². The van der Waals surface area contributed by atoms with Crippen LogP contribution in [0, 0.1) is 5.41 Å². The van der Waals surface area contributed by atoms with E-state index >= 15 is 0 Å². The lowest BCUT2D eigenvalue weighted by molar-refractivity contribution is 0.306. The second-order valence-electron chi connectivity index (χ2n) is 6.83. The van der Waals surface area contributed by atoms with Crippen LogP contribution in [0.3, 0.4) is 0 Å². The highest BCUT2D eigenvalue weighted by atomic mass is 14.9. The second-order valence-corrected chi connectivity index (χ2v) is 6.83. The Morgan fingerprint density at radius 3 is 2.58 bits per heavy atom. The van der Waals surface area contributed by atoms with Gasteiger partial charge in [-0.3, -0.25) is 0 Å². The van der Waals surface area contributed by atoms with E-state index in [4.69, 9.17) is 0 Å². The fourth-order valence-corrected chi connectivity index (χ4v) is 3.25. The van der Waals surface area contributed by atoms with Crippen molar-refractivity contribution in [2.75, 3.05) is 0 Å². The fraction of sp³-hybridized carbons (Fsp3) is 0.667. The van der Waals surface area contributed by atoms with Crippen LogP contribution in [0.15, 0.2) is 30.3 Å². The molecule has 1 aliphatic carbocycles. The maximum Gasteiger partial charge on any atom is 0.0320 e. The van der Waals surface area contributed by atoms with Crippen molar-refractivity contribution >= 4 is 0 Å². The van der Waals surface area contributed by atoms with Gasteiger partial charge in [-0.15, -0.1) is 0 Å². The van der Waals surface area contributed by atoms with Crippen LogP contribution in [0.1, 0.15) is 70.9 Å². The molecule has 0 radical (unpaired) electrons. The van der Waals surface area contributed by atoms with Gasteiger partial charge in [0.2, 0.25) is 0 Å². The number of benzene rings is 1. The highest BCUT2D eigenvalue weighted by Crippen LogP contribution is 2.34. The molecule has 0 heterocycles. The number of hydrogen-bond acceptors (Lipinski definition) is 1. The summed E-state index contributed by atoms with van der Waals surface area (Å²) in [6.45, 7) is 7.12. The first-order chi connectivity index (χ1) is 9.11. The molecular formula is C18H29N. The molecule has 0 saturated heterocycles. The Hall–Kier alpha value is -0.820. The van der Waals surface area contributed by atoms with Gasteiger partial charge in [-0.1, -0.05) is 57.5 Å². The first-order valence-corrected chi connectivity index (χ1v) is 7.92. The fourth-order valence-electron chi connectivity index (χ4n) is 3.25. The van der Waals surface area contributed by atoms with Crippen molar-refractivity contribution in [3.8, 4) is 0 Å². The van der Waals surface area contributed by atoms with Crippen LogP contribution >= 0.6 is 0 Å². The minimum atomic E-state index is 0.521. The molecule has 1 aliphatic rings. The molecule has 1 nitrogen and oxygen atoms in total. The third-order valence-electron chi connectivity index (χ3n) is 4.62. The summed E-state index contributed by atoms with van der Waals surface area (Å²) in [4.78, 5) is 0. The highest BCUT2D eigenvalue weighted by molar-refractivity contribution is 5.18. The van der Waals surface area contributed by atoms with Crippen LogP contribution in [0.25, 0.3) is 0 Å². The lowest BCUT2D eigenvalue weighted by Gasteiger charge is -2.25. The zero-order valence-electron chi connectivity index (χ0n) is 12.8. The van der Waals surface area contributed by atoms with E-state index in [2.05, 4.69) is 56.4 Å². The summed E-state index contributed by atoms with van der Waals surface area (Å²) in [5.41, 5.74) is 1.98. The summed E-state index contributed by atoms with van der Waals surface area (Å²) in [6.07, 6.45) is 7.95. The molecule has 0 spiro atoms. The van der Waals surface area contributed by atoms with Crippen molar-refractivity contribution in [1.29, 1.82) is 0 Å². The van der Waals surface area contributed by atoms with E-state index < -0.39 is 0 Å². The highest BCUT2D eigenvalue weighted by Gasteiger charge is 2.25. The number of nitrogens with one attached hydrogen (secondary N) is 1. The van der Waals surface area contributed by atoms with E-state index in [-0.39, 0.29) is 0 Å². The third kappa shape index (κ3) is 4.35. The topological polar surface area (TPSA) is 12.0 Å². The Morgan fingerprint density at radius 1 is 1.16 bits per heavy atom. The Balaban J connectivity index is 1.95. The lowest BCUT2D eigenvalue weighted by atomic mass is 9.85. The van der Waals surface area contributed by atoms with Gasteiger partial charge >= 0.3 is 0 Å². The predicted molar refractivity (Wildman–Crippen MR) is 83.3 cm³/mol. The molecule has 1 aromatic carbocycles. The quantitative estimate of drug-likeness (QED) is 0.743. The Bertz CT molecular complexity index is 369. The van der Waals surface area contributed by atoms with Gasteiger partial charge in [-0.05, 0) is 43.1 Å².